The van der Waals surface area contributed by atoms with Crippen LogP contribution in [0.5, 0.6) is 0 Å². The van der Waals surface area contributed by atoms with Crippen molar-refractivity contribution in [2.75, 3.05) is 0 Å². The first kappa shape index (κ1) is 13.5. The summed E-state index contributed by atoms with van der Waals surface area (Å²) in [5.41, 5.74) is 0.600. The number of nitrogens with zero attached hydrogens (tertiary/aromatic N) is 1. The second-order valence-corrected chi connectivity index (χ2v) is 6.03. The Balaban J connectivity index is 2.51. The number of benzene rings is 1. The number of rotatable bonds is 2. The summed E-state index contributed by atoms with van der Waals surface area (Å²) in [4.78, 5) is 12.8. The van der Waals surface area contributed by atoms with Crippen molar-refractivity contribution in [2.45, 2.75) is 33.6 Å². The third-order valence-corrected chi connectivity index (χ3v) is 4.25. The van der Waals surface area contributed by atoms with E-state index in [2.05, 4.69) is 13.0 Å². The fraction of sp³-hybridized carbons (Fsp3) is 0.412. The van der Waals surface area contributed by atoms with Gasteiger partial charge in [-0.2, -0.15) is 5.26 Å². The van der Waals surface area contributed by atoms with Crippen LogP contribution >= 0.6 is 0 Å². The minimum atomic E-state index is -0.951. The van der Waals surface area contributed by atoms with Gasteiger partial charge in [-0.3, -0.25) is 4.79 Å². The maximum atomic E-state index is 12.8. The van der Waals surface area contributed by atoms with Gasteiger partial charge in [0.25, 0.3) is 0 Å². The molecule has 1 atom stereocenters. The van der Waals surface area contributed by atoms with E-state index in [9.17, 15) is 10.1 Å². The van der Waals surface area contributed by atoms with Gasteiger partial charge in [-0.25, -0.2) is 0 Å². The minimum Gasteiger partial charge on any atom is -0.292 e. The van der Waals surface area contributed by atoms with Crippen LogP contribution in [0.25, 0.3) is 0 Å². The van der Waals surface area contributed by atoms with E-state index >= 15 is 0 Å². The maximum Gasteiger partial charge on any atom is 0.183 e. The Morgan fingerprint density at radius 1 is 1.26 bits per heavy atom. The summed E-state index contributed by atoms with van der Waals surface area (Å²) in [6, 6.07) is 11.5. The van der Waals surface area contributed by atoms with Crippen LogP contribution < -0.4 is 0 Å². The van der Waals surface area contributed by atoms with Gasteiger partial charge in [0, 0.05) is 5.56 Å². The van der Waals surface area contributed by atoms with E-state index in [0.717, 1.165) is 6.42 Å². The molecule has 0 spiro atoms. The standard InChI is InChI=1S/C17H19NO/c1-13-9-10-17(12-18,16(2,3)11-13)15(19)14-7-5-4-6-8-14/h4-9H,10-11H2,1-3H3. The van der Waals surface area contributed by atoms with Crippen molar-refractivity contribution >= 4 is 5.78 Å². The van der Waals surface area contributed by atoms with Crippen LogP contribution in [-0.4, -0.2) is 5.78 Å². The zero-order valence-corrected chi connectivity index (χ0v) is 11.7. The van der Waals surface area contributed by atoms with Gasteiger partial charge >= 0.3 is 0 Å². The molecular formula is C17H19NO. The van der Waals surface area contributed by atoms with Gasteiger partial charge in [-0.15, -0.1) is 0 Å². The number of hydrogen-bond donors (Lipinski definition) is 0. The molecular weight excluding hydrogens is 234 g/mol. The first-order valence-electron chi connectivity index (χ1n) is 6.60. The summed E-state index contributed by atoms with van der Waals surface area (Å²) in [6.07, 6.45) is 3.34. The zero-order valence-electron chi connectivity index (χ0n) is 11.7. The summed E-state index contributed by atoms with van der Waals surface area (Å²) >= 11 is 0. The van der Waals surface area contributed by atoms with Crippen molar-refractivity contribution in [2.24, 2.45) is 10.8 Å². The Morgan fingerprint density at radius 2 is 1.89 bits per heavy atom. The van der Waals surface area contributed by atoms with Crippen molar-refractivity contribution in [3.63, 3.8) is 0 Å². The predicted molar refractivity (Wildman–Crippen MR) is 75.6 cm³/mol. The van der Waals surface area contributed by atoms with Crippen LogP contribution in [0.15, 0.2) is 42.0 Å². The van der Waals surface area contributed by atoms with Crippen LogP contribution in [0.2, 0.25) is 0 Å². The highest BCUT2D eigenvalue weighted by Crippen LogP contribution is 2.51. The van der Waals surface area contributed by atoms with E-state index in [0.29, 0.717) is 12.0 Å². The quantitative estimate of drug-likeness (QED) is 0.587. The van der Waals surface area contributed by atoms with Crippen LogP contribution in [0.3, 0.4) is 0 Å². The lowest BCUT2D eigenvalue weighted by molar-refractivity contribution is 0.0619. The van der Waals surface area contributed by atoms with Gasteiger partial charge in [0.1, 0.15) is 5.41 Å². The van der Waals surface area contributed by atoms with Crippen LogP contribution in [-0.2, 0) is 0 Å². The number of carbonyl (C=O) groups is 1. The summed E-state index contributed by atoms with van der Waals surface area (Å²) in [5.74, 6) is -0.0515. The van der Waals surface area contributed by atoms with Crippen molar-refractivity contribution in [1.82, 2.24) is 0 Å². The molecule has 1 unspecified atom stereocenters. The molecule has 0 saturated carbocycles. The Morgan fingerprint density at radius 3 is 2.42 bits per heavy atom. The van der Waals surface area contributed by atoms with Crippen molar-refractivity contribution < 1.29 is 4.79 Å². The summed E-state index contributed by atoms with van der Waals surface area (Å²) in [7, 11) is 0. The lowest BCUT2D eigenvalue weighted by Crippen LogP contribution is -2.45. The molecule has 1 aromatic rings. The molecule has 1 aromatic carbocycles. The minimum absolute atomic E-state index is 0.0515. The van der Waals surface area contributed by atoms with Crippen molar-refractivity contribution in [3.8, 4) is 6.07 Å². The molecule has 1 aliphatic rings. The molecule has 0 heterocycles. The first-order valence-corrected chi connectivity index (χ1v) is 6.60. The van der Waals surface area contributed by atoms with E-state index in [-0.39, 0.29) is 11.2 Å². The third kappa shape index (κ3) is 2.10. The van der Waals surface area contributed by atoms with E-state index in [1.54, 1.807) is 12.1 Å². The second-order valence-electron chi connectivity index (χ2n) is 6.03. The normalized spacial score (nSPS) is 25.3. The molecule has 98 valence electrons. The third-order valence-electron chi connectivity index (χ3n) is 4.25. The topological polar surface area (TPSA) is 40.9 Å². The number of carbonyl (C=O) groups excluding carboxylic acids is 1. The summed E-state index contributed by atoms with van der Waals surface area (Å²) in [6.45, 7) is 6.11. The SMILES string of the molecule is CC1=CCC(C#N)(C(=O)c2ccccc2)C(C)(C)C1. The predicted octanol–water partition coefficient (Wildman–Crippen LogP) is 4.15. The Bertz CT molecular complexity index is 563. The molecule has 0 amide bonds. The molecule has 0 fully saturated rings. The molecule has 19 heavy (non-hydrogen) atoms. The van der Waals surface area contributed by atoms with E-state index in [4.69, 9.17) is 0 Å². The van der Waals surface area contributed by atoms with E-state index < -0.39 is 5.41 Å². The zero-order chi connectivity index (χ0) is 14.1. The lowest BCUT2D eigenvalue weighted by atomic mass is 9.56. The number of nitriles is 1. The largest absolute Gasteiger partial charge is 0.292 e. The monoisotopic (exact) mass is 253 g/mol. The molecule has 0 N–H and O–H groups in total. The number of hydrogen-bond acceptors (Lipinski definition) is 2. The number of Topliss-reactive ketones (excluding diaryl/α,β-unsaturated/α-hetero) is 1. The average Bonchev–Trinajstić information content (AvgIpc) is 2.39. The fourth-order valence-corrected chi connectivity index (χ4v) is 3.01. The smallest absolute Gasteiger partial charge is 0.183 e. The van der Waals surface area contributed by atoms with Crippen LogP contribution in [0, 0.1) is 22.2 Å². The molecule has 2 heteroatoms. The molecule has 0 saturated heterocycles. The van der Waals surface area contributed by atoms with Gasteiger partial charge in [0.15, 0.2) is 5.78 Å². The number of allylic oxidation sites excluding steroid dienone is 2. The molecule has 2 nitrogen and oxygen atoms in total. The molecule has 2 rings (SSSR count). The molecule has 0 aliphatic heterocycles. The Labute approximate surface area is 114 Å². The maximum absolute atomic E-state index is 12.8. The Kier molecular flexibility index (Phi) is 3.32. The van der Waals surface area contributed by atoms with Crippen LogP contribution in [0.4, 0.5) is 0 Å². The van der Waals surface area contributed by atoms with Crippen LogP contribution in [0.1, 0.15) is 44.0 Å². The number of ketones is 1. The highest BCUT2D eigenvalue weighted by molar-refractivity contribution is 6.03. The highest BCUT2D eigenvalue weighted by atomic mass is 16.1. The van der Waals surface area contributed by atoms with Gasteiger partial charge in [0.05, 0.1) is 6.07 Å². The van der Waals surface area contributed by atoms with Gasteiger partial charge in [-0.1, -0.05) is 55.8 Å². The van der Waals surface area contributed by atoms with E-state index in [1.807, 2.05) is 38.1 Å². The lowest BCUT2D eigenvalue weighted by Gasteiger charge is -2.43. The molecule has 0 bridgehead atoms. The second kappa shape index (κ2) is 4.66. The van der Waals surface area contributed by atoms with Crippen molar-refractivity contribution in [1.29, 1.82) is 5.26 Å². The van der Waals surface area contributed by atoms with Gasteiger partial charge < -0.3 is 0 Å². The summed E-state index contributed by atoms with van der Waals surface area (Å²) in [5, 5.41) is 9.70. The average molecular weight is 253 g/mol. The molecule has 1 aliphatic carbocycles. The summed E-state index contributed by atoms with van der Waals surface area (Å²) < 4.78 is 0. The molecule has 0 aromatic heterocycles. The fourth-order valence-electron chi connectivity index (χ4n) is 3.01. The highest BCUT2D eigenvalue weighted by Gasteiger charge is 2.52. The first-order chi connectivity index (χ1) is 8.93. The van der Waals surface area contributed by atoms with Gasteiger partial charge in [-0.05, 0) is 25.2 Å². The van der Waals surface area contributed by atoms with Gasteiger partial charge in [0.2, 0.25) is 0 Å². The van der Waals surface area contributed by atoms with E-state index in [1.165, 1.54) is 5.57 Å². The van der Waals surface area contributed by atoms with Crippen molar-refractivity contribution in [3.05, 3.63) is 47.5 Å². The Hall–Kier alpha value is -1.88. The molecule has 0 radical (unpaired) electrons.